The number of hydrogen-bond donors (Lipinski definition) is 1. The molecule has 0 aromatic carbocycles. The largest absolute Gasteiger partial charge is 0.436 e. The first kappa shape index (κ1) is 11.4. The molecule has 2 aromatic rings. The zero-order chi connectivity index (χ0) is 12.4. The topological polar surface area (TPSA) is 66.0 Å². The van der Waals surface area contributed by atoms with Crippen molar-refractivity contribution < 1.29 is 4.74 Å². The summed E-state index contributed by atoms with van der Waals surface area (Å²) in [5, 5.41) is 4.19. The van der Waals surface area contributed by atoms with E-state index in [4.69, 9.17) is 10.5 Å². The van der Waals surface area contributed by atoms with Crippen LogP contribution in [0.2, 0.25) is 0 Å². The fourth-order valence-corrected chi connectivity index (χ4v) is 1.37. The second kappa shape index (κ2) is 4.45. The van der Waals surface area contributed by atoms with Crippen LogP contribution in [-0.4, -0.2) is 14.8 Å². The molecule has 90 valence electrons. The van der Waals surface area contributed by atoms with Crippen LogP contribution in [0.25, 0.3) is 0 Å². The van der Waals surface area contributed by atoms with Crippen LogP contribution in [0.4, 0.5) is 5.69 Å². The van der Waals surface area contributed by atoms with Gasteiger partial charge in [0.1, 0.15) is 0 Å². The minimum atomic E-state index is 0.313. The lowest BCUT2D eigenvalue weighted by Gasteiger charge is -2.05. The highest BCUT2D eigenvalue weighted by Gasteiger charge is 2.05. The Hall–Kier alpha value is -2.04. The summed E-state index contributed by atoms with van der Waals surface area (Å²) in [5.41, 5.74) is 7.30. The smallest absolute Gasteiger partial charge is 0.219 e. The molecule has 0 saturated carbocycles. The van der Waals surface area contributed by atoms with Crippen molar-refractivity contribution in [3.63, 3.8) is 0 Å². The quantitative estimate of drug-likeness (QED) is 0.883. The van der Waals surface area contributed by atoms with Crippen LogP contribution in [0, 0.1) is 6.92 Å². The zero-order valence-corrected chi connectivity index (χ0v) is 10.2. The van der Waals surface area contributed by atoms with E-state index in [-0.39, 0.29) is 0 Å². The van der Waals surface area contributed by atoms with Crippen LogP contribution in [0.1, 0.15) is 25.5 Å². The van der Waals surface area contributed by atoms with Crippen molar-refractivity contribution in [3.05, 3.63) is 30.2 Å². The molecule has 17 heavy (non-hydrogen) atoms. The maximum Gasteiger partial charge on any atom is 0.219 e. The van der Waals surface area contributed by atoms with E-state index in [1.807, 2.05) is 23.9 Å². The summed E-state index contributed by atoms with van der Waals surface area (Å²) in [4.78, 5) is 4.10. The molecule has 0 amide bonds. The van der Waals surface area contributed by atoms with Gasteiger partial charge >= 0.3 is 0 Å². The molecule has 0 atom stereocenters. The second-order valence-corrected chi connectivity index (χ2v) is 4.23. The van der Waals surface area contributed by atoms with Crippen LogP contribution in [0.15, 0.2) is 24.7 Å². The number of pyridine rings is 1. The van der Waals surface area contributed by atoms with E-state index < -0.39 is 0 Å². The molecule has 0 bridgehead atoms. The lowest BCUT2D eigenvalue weighted by molar-refractivity contribution is 0.459. The number of hydrogen-bond acceptors (Lipinski definition) is 4. The summed E-state index contributed by atoms with van der Waals surface area (Å²) in [6.45, 7) is 6.03. The van der Waals surface area contributed by atoms with Crippen molar-refractivity contribution in [3.8, 4) is 11.6 Å². The summed E-state index contributed by atoms with van der Waals surface area (Å²) in [7, 11) is 0. The fraction of sp³-hybridized carbons (Fsp3) is 0.333. The highest BCUT2D eigenvalue weighted by atomic mass is 16.5. The number of ether oxygens (including phenoxy) is 1. The third kappa shape index (κ3) is 2.55. The number of aromatic nitrogens is 3. The monoisotopic (exact) mass is 232 g/mol. The number of anilines is 1. The average molecular weight is 232 g/mol. The molecular weight excluding hydrogens is 216 g/mol. The molecule has 2 rings (SSSR count). The van der Waals surface area contributed by atoms with Gasteiger partial charge in [-0.3, -0.25) is 4.68 Å². The molecule has 2 N–H and O–H groups in total. The highest BCUT2D eigenvalue weighted by Crippen LogP contribution is 2.22. The van der Waals surface area contributed by atoms with Crippen LogP contribution >= 0.6 is 0 Å². The average Bonchev–Trinajstić information content (AvgIpc) is 2.72. The van der Waals surface area contributed by atoms with Crippen molar-refractivity contribution in [1.82, 2.24) is 14.8 Å². The molecule has 5 heteroatoms. The standard InChI is InChI=1S/C12H16N4O/c1-8(2)16-7-10(5-15-16)17-12-4-9(3)11(13)6-14-12/h4-8H,13H2,1-3H3. The Morgan fingerprint density at radius 1 is 1.35 bits per heavy atom. The summed E-state index contributed by atoms with van der Waals surface area (Å²) in [6, 6.07) is 2.12. The van der Waals surface area contributed by atoms with E-state index in [1.165, 1.54) is 0 Å². The molecule has 0 radical (unpaired) electrons. The Morgan fingerprint density at radius 3 is 2.71 bits per heavy atom. The molecule has 0 aliphatic heterocycles. The number of nitrogens with two attached hydrogens (primary N) is 1. The van der Waals surface area contributed by atoms with Gasteiger partial charge in [0.05, 0.1) is 24.3 Å². The Balaban J connectivity index is 2.16. The first-order valence-corrected chi connectivity index (χ1v) is 5.50. The Morgan fingerprint density at radius 2 is 2.12 bits per heavy atom. The summed E-state index contributed by atoms with van der Waals surface area (Å²) < 4.78 is 7.43. The maximum absolute atomic E-state index is 5.69. The van der Waals surface area contributed by atoms with Gasteiger partial charge in [-0.1, -0.05) is 0 Å². The lowest BCUT2D eigenvalue weighted by atomic mass is 10.2. The minimum absolute atomic E-state index is 0.313. The van der Waals surface area contributed by atoms with E-state index in [9.17, 15) is 0 Å². The summed E-state index contributed by atoms with van der Waals surface area (Å²) >= 11 is 0. The number of rotatable bonds is 3. The number of nitrogen functional groups attached to an aromatic ring is 1. The Bertz CT molecular complexity index is 519. The van der Waals surface area contributed by atoms with E-state index >= 15 is 0 Å². The van der Waals surface area contributed by atoms with E-state index in [2.05, 4.69) is 23.9 Å². The second-order valence-electron chi connectivity index (χ2n) is 4.23. The predicted molar refractivity (Wildman–Crippen MR) is 66.1 cm³/mol. The van der Waals surface area contributed by atoms with Gasteiger partial charge in [0.2, 0.25) is 5.88 Å². The van der Waals surface area contributed by atoms with Crippen molar-refractivity contribution in [2.75, 3.05) is 5.73 Å². The maximum atomic E-state index is 5.69. The third-order valence-corrected chi connectivity index (χ3v) is 2.46. The van der Waals surface area contributed by atoms with Crippen LogP contribution in [0.5, 0.6) is 11.6 Å². The van der Waals surface area contributed by atoms with Gasteiger partial charge in [0.25, 0.3) is 0 Å². The summed E-state index contributed by atoms with van der Waals surface area (Å²) in [5.74, 6) is 1.20. The van der Waals surface area contributed by atoms with E-state index in [1.54, 1.807) is 12.4 Å². The van der Waals surface area contributed by atoms with Crippen LogP contribution < -0.4 is 10.5 Å². The molecular formula is C12H16N4O. The molecule has 0 unspecified atom stereocenters. The molecule has 0 aliphatic rings. The van der Waals surface area contributed by atoms with Gasteiger partial charge in [0.15, 0.2) is 5.75 Å². The van der Waals surface area contributed by atoms with E-state index in [0.29, 0.717) is 23.4 Å². The van der Waals surface area contributed by atoms with Crippen LogP contribution in [0.3, 0.4) is 0 Å². The van der Waals surface area contributed by atoms with Gasteiger partial charge in [-0.2, -0.15) is 5.10 Å². The highest BCUT2D eigenvalue weighted by molar-refractivity contribution is 5.45. The van der Waals surface area contributed by atoms with Crippen molar-refractivity contribution in [2.45, 2.75) is 26.8 Å². The summed E-state index contributed by atoms with van der Waals surface area (Å²) in [6.07, 6.45) is 5.11. The molecule has 2 aromatic heterocycles. The lowest BCUT2D eigenvalue weighted by Crippen LogP contribution is -1.99. The first-order chi connectivity index (χ1) is 8.06. The van der Waals surface area contributed by atoms with Crippen molar-refractivity contribution >= 4 is 5.69 Å². The molecule has 0 saturated heterocycles. The van der Waals surface area contributed by atoms with Gasteiger partial charge in [-0.15, -0.1) is 0 Å². The third-order valence-electron chi connectivity index (χ3n) is 2.46. The Labute approximate surface area is 100 Å². The molecule has 0 spiro atoms. The minimum Gasteiger partial charge on any atom is -0.436 e. The zero-order valence-electron chi connectivity index (χ0n) is 10.2. The molecule has 5 nitrogen and oxygen atoms in total. The van der Waals surface area contributed by atoms with Gasteiger partial charge in [-0.25, -0.2) is 4.98 Å². The van der Waals surface area contributed by atoms with Crippen LogP contribution in [-0.2, 0) is 0 Å². The van der Waals surface area contributed by atoms with Gasteiger partial charge in [-0.05, 0) is 26.3 Å². The normalized spacial score (nSPS) is 10.8. The van der Waals surface area contributed by atoms with Gasteiger partial charge < -0.3 is 10.5 Å². The van der Waals surface area contributed by atoms with E-state index in [0.717, 1.165) is 5.56 Å². The van der Waals surface area contributed by atoms with Gasteiger partial charge in [0, 0.05) is 12.1 Å². The van der Waals surface area contributed by atoms with Crippen molar-refractivity contribution in [2.24, 2.45) is 0 Å². The molecule has 0 aliphatic carbocycles. The molecule has 0 fully saturated rings. The molecule has 2 heterocycles. The first-order valence-electron chi connectivity index (χ1n) is 5.50. The van der Waals surface area contributed by atoms with Crippen molar-refractivity contribution in [1.29, 1.82) is 0 Å². The Kier molecular flexibility index (Phi) is 2.99. The number of nitrogens with zero attached hydrogens (tertiary/aromatic N) is 3. The SMILES string of the molecule is Cc1cc(Oc2cnn(C(C)C)c2)ncc1N. The predicted octanol–water partition coefficient (Wildman–Crippen LogP) is 2.54. The number of aryl methyl sites for hydroxylation is 1. The fourth-order valence-electron chi connectivity index (χ4n) is 1.37.